The summed E-state index contributed by atoms with van der Waals surface area (Å²) < 4.78 is 0. The molecule has 0 aliphatic carbocycles. The van der Waals surface area contributed by atoms with E-state index in [1.165, 1.54) is 36.3 Å². The fraction of sp³-hybridized carbons (Fsp3) is 0.667. The van der Waals surface area contributed by atoms with Crippen molar-refractivity contribution in [2.45, 2.75) is 77.8 Å². The van der Waals surface area contributed by atoms with Crippen molar-refractivity contribution in [3.05, 3.63) is 24.3 Å². The van der Waals surface area contributed by atoms with Gasteiger partial charge in [-0.05, 0) is 0 Å². The first-order valence-corrected chi connectivity index (χ1v) is 13.9. The SMILES string of the molecule is CC[Si](CC)(CC)c1ccccc1[Si](CC)(CC)CC. The van der Waals surface area contributed by atoms with Crippen molar-refractivity contribution in [3.8, 4) is 0 Å². The largest absolute Gasteiger partial charge is 0.0857 e. The zero-order valence-electron chi connectivity index (χ0n) is 14.6. The van der Waals surface area contributed by atoms with Gasteiger partial charge in [-0.25, -0.2) is 0 Å². The van der Waals surface area contributed by atoms with Crippen LogP contribution in [0.4, 0.5) is 0 Å². The minimum atomic E-state index is -1.26. The molecule has 20 heavy (non-hydrogen) atoms. The van der Waals surface area contributed by atoms with E-state index in [-0.39, 0.29) is 0 Å². The van der Waals surface area contributed by atoms with E-state index in [2.05, 4.69) is 65.8 Å². The second kappa shape index (κ2) is 7.60. The van der Waals surface area contributed by atoms with Crippen LogP contribution in [0.5, 0.6) is 0 Å². The Labute approximate surface area is 129 Å². The fourth-order valence-electron chi connectivity index (χ4n) is 4.05. The van der Waals surface area contributed by atoms with Gasteiger partial charge in [0.2, 0.25) is 0 Å². The summed E-state index contributed by atoms with van der Waals surface area (Å²) in [5.41, 5.74) is 0. The normalized spacial score (nSPS) is 12.7. The average molecular weight is 307 g/mol. The molecule has 0 saturated heterocycles. The highest BCUT2D eigenvalue weighted by atomic mass is 28.3. The van der Waals surface area contributed by atoms with Crippen molar-refractivity contribution in [2.75, 3.05) is 0 Å². The number of hydrogen-bond acceptors (Lipinski definition) is 0. The Morgan fingerprint density at radius 2 is 0.800 bits per heavy atom. The molecule has 0 radical (unpaired) electrons. The molecule has 2 heteroatoms. The molecule has 1 aromatic carbocycles. The van der Waals surface area contributed by atoms with E-state index in [9.17, 15) is 0 Å². The molecule has 0 aromatic heterocycles. The summed E-state index contributed by atoms with van der Waals surface area (Å²) in [5.74, 6) is 0. The molecule has 0 amide bonds. The third-order valence-electron chi connectivity index (χ3n) is 6.13. The Hall–Kier alpha value is -0.346. The molecule has 0 N–H and O–H groups in total. The maximum atomic E-state index is 2.50. The lowest BCUT2D eigenvalue weighted by atomic mass is 10.4. The van der Waals surface area contributed by atoms with Crippen LogP contribution in [0.3, 0.4) is 0 Å². The minimum Gasteiger partial charge on any atom is -0.0675 e. The number of hydrogen-bond donors (Lipinski definition) is 0. The van der Waals surface area contributed by atoms with Crippen LogP contribution in [-0.2, 0) is 0 Å². The number of benzene rings is 1. The molecule has 1 aromatic rings. The highest BCUT2D eigenvalue weighted by Gasteiger charge is 2.37. The van der Waals surface area contributed by atoms with Gasteiger partial charge in [0.25, 0.3) is 0 Å². The molecule has 0 atom stereocenters. The van der Waals surface area contributed by atoms with Crippen molar-refractivity contribution < 1.29 is 0 Å². The molecule has 0 bridgehead atoms. The van der Waals surface area contributed by atoms with Gasteiger partial charge in [-0.3, -0.25) is 0 Å². The van der Waals surface area contributed by atoms with Gasteiger partial charge < -0.3 is 0 Å². The first-order valence-electron chi connectivity index (χ1n) is 8.69. The molecule has 0 saturated carbocycles. The van der Waals surface area contributed by atoms with Crippen LogP contribution in [0.25, 0.3) is 0 Å². The second-order valence-electron chi connectivity index (χ2n) is 6.23. The lowest BCUT2D eigenvalue weighted by Gasteiger charge is -2.38. The summed E-state index contributed by atoms with van der Waals surface area (Å²) in [6, 6.07) is 18.0. The fourth-order valence-corrected chi connectivity index (χ4v) is 13.1. The molecule has 0 aliphatic heterocycles. The van der Waals surface area contributed by atoms with E-state index in [0.717, 1.165) is 0 Å². The predicted molar refractivity (Wildman–Crippen MR) is 100 cm³/mol. The average Bonchev–Trinajstić information content (AvgIpc) is 2.53. The van der Waals surface area contributed by atoms with Gasteiger partial charge in [-0.2, -0.15) is 0 Å². The Balaban J connectivity index is 3.51. The van der Waals surface area contributed by atoms with E-state index in [0.29, 0.717) is 0 Å². The van der Waals surface area contributed by atoms with Crippen molar-refractivity contribution in [1.82, 2.24) is 0 Å². The first kappa shape index (κ1) is 17.7. The lowest BCUT2D eigenvalue weighted by Crippen LogP contribution is -2.61. The zero-order chi connectivity index (χ0) is 15.2. The lowest BCUT2D eigenvalue weighted by molar-refractivity contribution is 1.18. The van der Waals surface area contributed by atoms with Gasteiger partial charge in [0.15, 0.2) is 0 Å². The summed E-state index contributed by atoms with van der Waals surface area (Å²) in [4.78, 5) is 0. The monoisotopic (exact) mass is 306 g/mol. The van der Waals surface area contributed by atoms with Gasteiger partial charge in [-0.15, -0.1) is 0 Å². The van der Waals surface area contributed by atoms with Gasteiger partial charge in [-0.1, -0.05) is 112 Å². The zero-order valence-corrected chi connectivity index (χ0v) is 16.6. The molecule has 0 heterocycles. The van der Waals surface area contributed by atoms with Crippen molar-refractivity contribution in [2.24, 2.45) is 0 Å². The molecule has 0 fully saturated rings. The molecule has 0 unspecified atom stereocenters. The molecule has 114 valence electrons. The molecule has 1 rings (SSSR count). The predicted octanol–water partition coefficient (Wildman–Crippen LogP) is 5.12. The van der Waals surface area contributed by atoms with E-state index in [1.807, 2.05) is 10.4 Å². The van der Waals surface area contributed by atoms with Crippen LogP contribution < -0.4 is 10.4 Å². The van der Waals surface area contributed by atoms with Gasteiger partial charge in [0.1, 0.15) is 0 Å². The molecule has 0 nitrogen and oxygen atoms in total. The van der Waals surface area contributed by atoms with Gasteiger partial charge >= 0.3 is 0 Å². The van der Waals surface area contributed by atoms with Crippen molar-refractivity contribution in [1.29, 1.82) is 0 Å². The van der Waals surface area contributed by atoms with Crippen LogP contribution in [0.2, 0.25) is 36.3 Å². The Bertz CT molecular complexity index is 348. The third kappa shape index (κ3) is 2.96. The third-order valence-corrected chi connectivity index (χ3v) is 17.7. The standard InChI is InChI=1S/C18H34Si2/c1-7-19(8-2,9-3)17-15-13-14-16-18(17)20(10-4,11-5)12-6/h13-16H,7-12H2,1-6H3. The topological polar surface area (TPSA) is 0 Å². The summed E-state index contributed by atoms with van der Waals surface area (Å²) in [7, 11) is -2.52. The summed E-state index contributed by atoms with van der Waals surface area (Å²) in [6.07, 6.45) is 0. The maximum Gasteiger partial charge on any atom is 0.0857 e. The van der Waals surface area contributed by atoms with E-state index >= 15 is 0 Å². The van der Waals surface area contributed by atoms with E-state index in [4.69, 9.17) is 0 Å². The van der Waals surface area contributed by atoms with Gasteiger partial charge in [0, 0.05) is 0 Å². The smallest absolute Gasteiger partial charge is 0.0675 e. The van der Waals surface area contributed by atoms with Crippen molar-refractivity contribution >= 4 is 26.5 Å². The van der Waals surface area contributed by atoms with Crippen molar-refractivity contribution in [3.63, 3.8) is 0 Å². The van der Waals surface area contributed by atoms with Gasteiger partial charge in [0.05, 0.1) is 16.1 Å². The van der Waals surface area contributed by atoms with Crippen LogP contribution in [-0.4, -0.2) is 16.1 Å². The highest BCUT2D eigenvalue weighted by molar-refractivity contribution is 7.01. The molecular formula is C18H34Si2. The Kier molecular flexibility index (Phi) is 6.73. The summed E-state index contributed by atoms with van der Waals surface area (Å²) in [5, 5.41) is 3.65. The van der Waals surface area contributed by atoms with Crippen LogP contribution in [0.15, 0.2) is 24.3 Å². The van der Waals surface area contributed by atoms with Crippen LogP contribution >= 0.6 is 0 Å². The first-order chi connectivity index (χ1) is 9.59. The van der Waals surface area contributed by atoms with E-state index in [1.54, 1.807) is 0 Å². The second-order valence-corrected chi connectivity index (χ2v) is 16.7. The van der Waals surface area contributed by atoms with Crippen LogP contribution in [0.1, 0.15) is 41.5 Å². The maximum absolute atomic E-state index is 2.50. The molecule has 0 aliphatic rings. The quantitative estimate of drug-likeness (QED) is 0.585. The minimum absolute atomic E-state index is 1.26. The molecule has 0 spiro atoms. The summed E-state index contributed by atoms with van der Waals surface area (Å²) >= 11 is 0. The van der Waals surface area contributed by atoms with E-state index < -0.39 is 16.1 Å². The summed E-state index contributed by atoms with van der Waals surface area (Å²) in [6.45, 7) is 14.6. The highest BCUT2D eigenvalue weighted by Crippen LogP contribution is 2.24. The Morgan fingerprint density at radius 1 is 0.550 bits per heavy atom. The number of rotatable bonds is 8. The van der Waals surface area contributed by atoms with Crippen LogP contribution in [0, 0.1) is 0 Å². The molecular weight excluding hydrogens is 272 g/mol. The Morgan fingerprint density at radius 3 is 1.00 bits per heavy atom.